The fourth-order valence-corrected chi connectivity index (χ4v) is 2.92. The molecule has 20 heavy (non-hydrogen) atoms. The summed E-state index contributed by atoms with van der Waals surface area (Å²) in [6.45, 7) is 10.3. The summed E-state index contributed by atoms with van der Waals surface area (Å²) in [5.74, 6) is 0.422. The molecule has 0 aliphatic rings. The van der Waals surface area contributed by atoms with Gasteiger partial charge < -0.3 is 10.1 Å². The fraction of sp³-hybridized carbons (Fsp3) is 0.600. The van der Waals surface area contributed by atoms with Gasteiger partial charge in [-0.25, -0.2) is 4.98 Å². The van der Waals surface area contributed by atoms with Crippen molar-refractivity contribution in [2.45, 2.75) is 51.7 Å². The zero-order valence-corrected chi connectivity index (χ0v) is 13.7. The summed E-state index contributed by atoms with van der Waals surface area (Å²) in [5, 5.41) is 4.19. The van der Waals surface area contributed by atoms with Gasteiger partial charge >= 0.3 is 5.97 Å². The van der Waals surface area contributed by atoms with Crippen molar-refractivity contribution in [3.8, 4) is 0 Å². The van der Waals surface area contributed by atoms with Crippen LogP contribution in [-0.2, 0) is 9.53 Å². The highest BCUT2D eigenvalue weighted by Crippen LogP contribution is 2.19. The summed E-state index contributed by atoms with van der Waals surface area (Å²) in [5.41, 5.74) is 2.18. The van der Waals surface area contributed by atoms with Crippen molar-refractivity contribution in [3.05, 3.63) is 23.4 Å². The first kappa shape index (κ1) is 17.0. The molecule has 0 aliphatic carbocycles. The van der Waals surface area contributed by atoms with Crippen LogP contribution in [0.25, 0.3) is 0 Å². The largest absolute Gasteiger partial charge is 0.465 e. The quantitative estimate of drug-likeness (QED) is 0.619. The molecule has 0 aromatic carbocycles. The average Bonchev–Trinajstić information content (AvgIpc) is 2.33. The third-order valence-corrected chi connectivity index (χ3v) is 3.58. The van der Waals surface area contributed by atoms with Gasteiger partial charge in [0.2, 0.25) is 0 Å². The van der Waals surface area contributed by atoms with Gasteiger partial charge in [-0.1, -0.05) is 13.8 Å². The Labute approximate surface area is 125 Å². The molecule has 0 saturated carbocycles. The lowest BCUT2D eigenvalue weighted by Gasteiger charge is -2.19. The fourth-order valence-electron chi connectivity index (χ4n) is 1.88. The molecule has 0 amide bonds. The van der Waals surface area contributed by atoms with Crippen molar-refractivity contribution in [2.24, 2.45) is 0 Å². The molecule has 1 aromatic rings. The highest BCUT2D eigenvalue weighted by Gasteiger charge is 2.20. The molecule has 1 N–H and O–H groups in total. The molecule has 1 atom stereocenters. The van der Waals surface area contributed by atoms with E-state index >= 15 is 0 Å². The van der Waals surface area contributed by atoms with Gasteiger partial charge in [-0.2, -0.15) is 0 Å². The summed E-state index contributed by atoms with van der Waals surface area (Å²) in [7, 11) is 0. The second kappa shape index (κ2) is 8.27. The predicted molar refractivity (Wildman–Crippen MR) is 83.1 cm³/mol. The van der Waals surface area contributed by atoms with Crippen LogP contribution in [0.5, 0.6) is 0 Å². The van der Waals surface area contributed by atoms with Crippen LogP contribution in [0.2, 0.25) is 0 Å². The number of thioether (sulfide) groups is 1. The number of carbonyl (C=O) groups is 1. The number of aromatic nitrogens is 1. The standard InChI is InChI=1S/C15H24N2O2S/c1-6-19-15(18)13(16-10(2)3)9-20-14-8-11(4)7-12(5)17-14/h7-8,10,13,16H,6,9H2,1-5H3. The molecule has 0 radical (unpaired) electrons. The molecule has 1 unspecified atom stereocenters. The topological polar surface area (TPSA) is 51.2 Å². The van der Waals surface area contributed by atoms with E-state index in [4.69, 9.17) is 4.74 Å². The maximum Gasteiger partial charge on any atom is 0.324 e. The highest BCUT2D eigenvalue weighted by atomic mass is 32.2. The third-order valence-electron chi connectivity index (χ3n) is 2.58. The molecule has 4 nitrogen and oxygen atoms in total. The second-order valence-electron chi connectivity index (χ2n) is 5.06. The first-order valence-corrected chi connectivity index (χ1v) is 7.91. The molecule has 1 rings (SSSR count). The van der Waals surface area contributed by atoms with Crippen LogP contribution in [0.1, 0.15) is 32.0 Å². The van der Waals surface area contributed by atoms with Crippen molar-refractivity contribution in [3.63, 3.8) is 0 Å². The molecule has 0 saturated heterocycles. The number of aryl methyl sites for hydroxylation is 2. The van der Waals surface area contributed by atoms with Crippen molar-refractivity contribution >= 4 is 17.7 Å². The summed E-state index contributed by atoms with van der Waals surface area (Å²) in [4.78, 5) is 16.4. The van der Waals surface area contributed by atoms with E-state index in [9.17, 15) is 4.79 Å². The molecular formula is C15H24N2O2S. The minimum Gasteiger partial charge on any atom is -0.465 e. The van der Waals surface area contributed by atoms with Crippen molar-refractivity contribution in [1.29, 1.82) is 0 Å². The van der Waals surface area contributed by atoms with E-state index in [0.29, 0.717) is 12.4 Å². The van der Waals surface area contributed by atoms with Crippen molar-refractivity contribution in [2.75, 3.05) is 12.4 Å². The van der Waals surface area contributed by atoms with E-state index in [1.54, 1.807) is 11.8 Å². The number of hydrogen-bond donors (Lipinski definition) is 1. The number of carbonyl (C=O) groups excluding carboxylic acids is 1. The predicted octanol–water partition coefficient (Wildman–Crippen LogP) is 2.72. The minimum absolute atomic E-state index is 0.196. The van der Waals surface area contributed by atoms with E-state index in [1.807, 2.05) is 46.8 Å². The Morgan fingerprint density at radius 3 is 2.65 bits per heavy atom. The van der Waals surface area contributed by atoms with E-state index < -0.39 is 0 Å². The monoisotopic (exact) mass is 296 g/mol. The third kappa shape index (κ3) is 5.92. The van der Waals surface area contributed by atoms with Crippen LogP contribution >= 0.6 is 11.8 Å². The zero-order chi connectivity index (χ0) is 15.1. The number of ether oxygens (including phenoxy) is 1. The van der Waals surface area contributed by atoms with Crippen LogP contribution in [0.3, 0.4) is 0 Å². The first-order chi connectivity index (χ1) is 9.42. The zero-order valence-electron chi connectivity index (χ0n) is 12.9. The molecule has 0 fully saturated rings. The summed E-state index contributed by atoms with van der Waals surface area (Å²) in [6.07, 6.45) is 0. The van der Waals surface area contributed by atoms with Crippen LogP contribution in [-0.4, -0.2) is 35.4 Å². The van der Waals surface area contributed by atoms with Gasteiger partial charge in [0.1, 0.15) is 6.04 Å². The number of nitrogens with zero attached hydrogens (tertiary/aromatic N) is 1. The molecule has 0 bridgehead atoms. The van der Waals surface area contributed by atoms with Gasteiger partial charge in [0, 0.05) is 17.5 Å². The second-order valence-corrected chi connectivity index (χ2v) is 6.10. The van der Waals surface area contributed by atoms with Crippen LogP contribution in [0.4, 0.5) is 0 Å². The Morgan fingerprint density at radius 2 is 2.10 bits per heavy atom. The maximum absolute atomic E-state index is 11.9. The Hall–Kier alpha value is -1.07. The first-order valence-electron chi connectivity index (χ1n) is 6.93. The van der Waals surface area contributed by atoms with E-state index in [1.165, 1.54) is 5.56 Å². The van der Waals surface area contributed by atoms with E-state index in [0.717, 1.165) is 10.7 Å². The number of nitrogens with one attached hydrogen (secondary N) is 1. The molecule has 0 aliphatic heterocycles. The molecular weight excluding hydrogens is 272 g/mol. The van der Waals surface area contributed by atoms with Crippen molar-refractivity contribution in [1.82, 2.24) is 10.3 Å². The summed E-state index contributed by atoms with van der Waals surface area (Å²) < 4.78 is 5.11. The molecule has 1 aromatic heterocycles. The Balaban J connectivity index is 2.67. The maximum atomic E-state index is 11.9. The lowest BCUT2D eigenvalue weighted by molar-refractivity contribution is -0.145. The molecule has 112 valence electrons. The van der Waals surface area contributed by atoms with Crippen LogP contribution < -0.4 is 5.32 Å². The average molecular weight is 296 g/mol. The van der Waals surface area contributed by atoms with Gasteiger partial charge in [0.25, 0.3) is 0 Å². The van der Waals surface area contributed by atoms with Crippen molar-refractivity contribution < 1.29 is 9.53 Å². The molecule has 0 spiro atoms. The number of pyridine rings is 1. The Morgan fingerprint density at radius 1 is 1.40 bits per heavy atom. The number of rotatable bonds is 7. The summed E-state index contributed by atoms with van der Waals surface area (Å²) >= 11 is 1.58. The van der Waals surface area contributed by atoms with Gasteiger partial charge in [-0.15, -0.1) is 11.8 Å². The smallest absolute Gasteiger partial charge is 0.324 e. The van der Waals surface area contributed by atoms with Gasteiger partial charge in [-0.05, 0) is 38.5 Å². The molecule has 1 heterocycles. The molecule has 5 heteroatoms. The van der Waals surface area contributed by atoms with Gasteiger partial charge in [0.15, 0.2) is 0 Å². The number of esters is 1. The summed E-state index contributed by atoms with van der Waals surface area (Å²) in [6, 6.07) is 4.01. The Kier molecular flexibility index (Phi) is 7.02. The van der Waals surface area contributed by atoms with E-state index in [2.05, 4.69) is 10.3 Å². The Bertz CT molecular complexity index is 429. The van der Waals surface area contributed by atoms with Crippen LogP contribution in [0.15, 0.2) is 17.2 Å². The minimum atomic E-state index is -0.303. The van der Waals surface area contributed by atoms with E-state index in [-0.39, 0.29) is 18.1 Å². The lowest BCUT2D eigenvalue weighted by atomic mass is 10.2. The normalized spacial score (nSPS) is 12.5. The highest BCUT2D eigenvalue weighted by molar-refractivity contribution is 7.99. The van der Waals surface area contributed by atoms with Gasteiger partial charge in [0.05, 0.1) is 11.6 Å². The van der Waals surface area contributed by atoms with Gasteiger partial charge in [-0.3, -0.25) is 4.79 Å². The van der Waals surface area contributed by atoms with Crippen LogP contribution in [0, 0.1) is 13.8 Å². The lowest BCUT2D eigenvalue weighted by Crippen LogP contribution is -2.43. The SMILES string of the molecule is CCOC(=O)C(CSc1cc(C)cc(C)n1)NC(C)C. The number of hydrogen-bond acceptors (Lipinski definition) is 5.